The second-order valence-corrected chi connectivity index (χ2v) is 3.73. The molecule has 0 rings (SSSR count). The van der Waals surface area contributed by atoms with Crippen molar-refractivity contribution in [1.82, 2.24) is 20.4 Å². The molecule has 0 aromatic heterocycles. The molecule has 0 saturated carbocycles. The Morgan fingerprint density at radius 3 is 1.60 bits per heavy atom. The van der Waals surface area contributed by atoms with Gasteiger partial charge in [-0.2, -0.15) is 0 Å². The van der Waals surface area contributed by atoms with Gasteiger partial charge in [-0.15, -0.1) is 0 Å². The van der Waals surface area contributed by atoms with Gasteiger partial charge in [-0.25, -0.2) is 0 Å². The number of hydrogen-bond donors (Lipinski definition) is 6. The number of nitrogens with two attached hydrogens (primary N) is 2. The average Bonchev–Trinajstić information content (AvgIpc) is 2.29. The van der Waals surface area contributed by atoms with Gasteiger partial charge in [0.15, 0.2) is 17.9 Å². The molecule has 0 aromatic rings. The van der Waals surface area contributed by atoms with Crippen LogP contribution < -0.4 is 22.1 Å². The van der Waals surface area contributed by atoms with Gasteiger partial charge in [0.2, 0.25) is 5.96 Å². The van der Waals surface area contributed by atoms with E-state index in [1.807, 2.05) is 43.3 Å². The summed E-state index contributed by atoms with van der Waals surface area (Å²) in [5, 5.41) is 18.0. The Morgan fingerprint density at radius 2 is 1.45 bits per heavy atom. The Morgan fingerprint density at radius 1 is 1.00 bits per heavy atom. The molecule has 0 aromatic carbocycles. The van der Waals surface area contributed by atoms with Gasteiger partial charge in [-0.3, -0.25) is 31.0 Å². The lowest BCUT2D eigenvalue weighted by Gasteiger charge is -2.26. The Labute approximate surface area is 119 Å². The SMILES string of the molecule is CN=C(NC)N(C)C(=NC)N(C)C.N=C(N)NC(=N)N. The van der Waals surface area contributed by atoms with Crippen molar-refractivity contribution < 1.29 is 0 Å². The minimum absolute atomic E-state index is 0.312. The summed E-state index contributed by atoms with van der Waals surface area (Å²) >= 11 is 0. The van der Waals surface area contributed by atoms with E-state index in [9.17, 15) is 0 Å². The minimum atomic E-state index is -0.312. The van der Waals surface area contributed by atoms with Crippen LogP contribution in [0.2, 0.25) is 0 Å². The summed E-state index contributed by atoms with van der Waals surface area (Å²) in [6.45, 7) is 0. The van der Waals surface area contributed by atoms with E-state index < -0.39 is 0 Å². The van der Waals surface area contributed by atoms with Crippen molar-refractivity contribution in [2.75, 3.05) is 42.3 Å². The summed E-state index contributed by atoms with van der Waals surface area (Å²) < 4.78 is 0. The molecule has 0 saturated heterocycles. The van der Waals surface area contributed by atoms with Gasteiger partial charge >= 0.3 is 0 Å². The quantitative estimate of drug-likeness (QED) is 0.224. The lowest BCUT2D eigenvalue weighted by Crippen LogP contribution is -2.46. The normalized spacial score (nSPS) is 10.9. The van der Waals surface area contributed by atoms with Gasteiger partial charge in [-0.05, 0) is 0 Å². The first-order valence-corrected chi connectivity index (χ1v) is 5.68. The Bertz CT molecular complexity index is 358. The fraction of sp³-hybridized carbons (Fsp3) is 0.600. The molecule has 0 fully saturated rings. The molecular weight excluding hydrogens is 260 g/mol. The molecule has 0 aliphatic carbocycles. The number of hydrogen-bond acceptors (Lipinski definition) is 4. The highest BCUT2D eigenvalue weighted by molar-refractivity contribution is 5.98. The fourth-order valence-electron chi connectivity index (χ4n) is 1.32. The molecule has 0 aliphatic heterocycles. The smallest absolute Gasteiger partial charge is 0.202 e. The molecule has 0 aliphatic rings. The van der Waals surface area contributed by atoms with Crippen molar-refractivity contribution in [1.29, 1.82) is 10.8 Å². The zero-order valence-corrected chi connectivity index (χ0v) is 12.9. The molecule has 0 radical (unpaired) electrons. The average molecular weight is 286 g/mol. The lowest BCUT2D eigenvalue weighted by atomic mass is 10.6. The zero-order chi connectivity index (χ0) is 16.3. The number of guanidine groups is 4. The Balaban J connectivity index is 0. The van der Waals surface area contributed by atoms with Crippen molar-refractivity contribution in [2.24, 2.45) is 21.5 Å². The molecule has 0 unspecified atom stereocenters. The van der Waals surface area contributed by atoms with E-state index in [1.165, 1.54) is 0 Å². The molecule has 10 heteroatoms. The van der Waals surface area contributed by atoms with Gasteiger partial charge in [-0.1, -0.05) is 0 Å². The Hall–Kier alpha value is -2.52. The first kappa shape index (κ1) is 19.8. The summed E-state index contributed by atoms with van der Waals surface area (Å²) in [7, 11) is 11.1. The maximum absolute atomic E-state index is 6.47. The summed E-state index contributed by atoms with van der Waals surface area (Å²) in [6.07, 6.45) is 0. The van der Waals surface area contributed by atoms with Crippen LogP contribution in [-0.2, 0) is 0 Å². The van der Waals surface area contributed by atoms with Crippen molar-refractivity contribution in [3.8, 4) is 0 Å². The molecule has 8 N–H and O–H groups in total. The lowest BCUT2D eigenvalue weighted by molar-refractivity contribution is 0.523. The molecule has 0 spiro atoms. The standard InChI is InChI=1S/C8H19N5.C2H7N5/c1-9-7(10-2)13(6)8(11-3)12(4)5;3-1(4)7-2(5)6/h1-6H3,(H,9,10);(H7,3,4,5,6,7). The number of nitrogens with one attached hydrogen (secondary N) is 4. The van der Waals surface area contributed by atoms with E-state index in [4.69, 9.17) is 22.3 Å². The van der Waals surface area contributed by atoms with Crippen molar-refractivity contribution in [3.05, 3.63) is 0 Å². The van der Waals surface area contributed by atoms with E-state index in [0.717, 1.165) is 11.9 Å². The summed E-state index contributed by atoms with van der Waals surface area (Å²) in [5.74, 6) is 1.02. The maximum atomic E-state index is 6.47. The van der Waals surface area contributed by atoms with Gasteiger partial charge in [0.05, 0.1) is 0 Å². The highest BCUT2D eigenvalue weighted by Crippen LogP contribution is 1.91. The van der Waals surface area contributed by atoms with Gasteiger partial charge in [0.1, 0.15) is 0 Å². The minimum Gasteiger partial charge on any atom is -0.370 e. The molecular formula is C10H26N10. The molecule has 116 valence electrons. The summed E-state index contributed by atoms with van der Waals surface area (Å²) in [4.78, 5) is 12.1. The third-order valence-electron chi connectivity index (χ3n) is 1.92. The van der Waals surface area contributed by atoms with E-state index in [0.29, 0.717) is 0 Å². The van der Waals surface area contributed by atoms with E-state index in [2.05, 4.69) is 15.3 Å². The van der Waals surface area contributed by atoms with Crippen molar-refractivity contribution in [3.63, 3.8) is 0 Å². The topological polar surface area (TPSA) is 155 Å². The van der Waals surface area contributed by atoms with E-state index >= 15 is 0 Å². The summed E-state index contributed by atoms with van der Waals surface area (Å²) in [6, 6.07) is 0. The highest BCUT2D eigenvalue weighted by Gasteiger charge is 2.11. The van der Waals surface area contributed by atoms with Crippen LogP contribution >= 0.6 is 0 Å². The number of aliphatic imine (C=N–C) groups is 2. The van der Waals surface area contributed by atoms with Crippen LogP contribution in [0.4, 0.5) is 0 Å². The highest BCUT2D eigenvalue weighted by atomic mass is 15.4. The van der Waals surface area contributed by atoms with Crippen LogP contribution in [0.1, 0.15) is 0 Å². The molecule has 0 heterocycles. The zero-order valence-electron chi connectivity index (χ0n) is 12.9. The molecule has 0 atom stereocenters. The molecule has 10 nitrogen and oxygen atoms in total. The second kappa shape index (κ2) is 10.4. The third-order valence-corrected chi connectivity index (χ3v) is 1.92. The number of rotatable bonds is 0. The Kier molecular flexibility index (Phi) is 10.3. The predicted molar refractivity (Wildman–Crippen MR) is 84.2 cm³/mol. The monoisotopic (exact) mass is 286 g/mol. The molecule has 0 amide bonds. The van der Waals surface area contributed by atoms with Crippen LogP contribution in [0.15, 0.2) is 9.98 Å². The predicted octanol–water partition coefficient (Wildman–Crippen LogP) is -1.97. The van der Waals surface area contributed by atoms with Crippen molar-refractivity contribution >= 4 is 23.8 Å². The molecule has 0 bridgehead atoms. The van der Waals surface area contributed by atoms with E-state index in [1.54, 1.807) is 14.1 Å². The van der Waals surface area contributed by atoms with Crippen LogP contribution in [-0.4, -0.2) is 75.9 Å². The van der Waals surface area contributed by atoms with E-state index in [-0.39, 0.29) is 11.9 Å². The largest absolute Gasteiger partial charge is 0.370 e. The van der Waals surface area contributed by atoms with Crippen LogP contribution in [0.5, 0.6) is 0 Å². The number of nitrogens with zero attached hydrogens (tertiary/aromatic N) is 4. The first-order chi connectivity index (χ1) is 9.20. The van der Waals surface area contributed by atoms with Crippen LogP contribution in [0.3, 0.4) is 0 Å². The van der Waals surface area contributed by atoms with Gasteiger partial charge < -0.3 is 21.7 Å². The van der Waals surface area contributed by atoms with Crippen LogP contribution in [0, 0.1) is 10.8 Å². The maximum Gasteiger partial charge on any atom is 0.202 e. The van der Waals surface area contributed by atoms with Gasteiger partial charge in [0, 0.05) is 42.3 Å². The first-order valence-electron chi connectivity index (χ1n) is 5.68. The second-order valence-electron chi connectivity index (χ2n) is 3.73. The molecule has 20 heavy (non-hydrogen) atoms. The van der Waals surface area contributed by atoms with Crippen molar-refractivity contribution in [2.45, 2.75) is 0 Å². The third kappa shape index (κ3) is 8.55. The summed E-state index contributed by atoms with van der Waals surface area (Å²) in [5.41, 5.74) is 9.49. The van der Waals surface area contributed by atoms with Gasteiger partial charge in [0.25, 0.3) is 0 Å². The van der Waals surface area contributed by atoms with Crippen LogP contribution in [0.25, 0.3) is 0 Å². The fourth-order valence-corrected chi connectivity index (χ4v) is 1.32.